The normalized spacial score (nSPS) is 10.8. The van der Waals surface area contributed by atoms with Crippen molar-refractivity contribution in [1.29, 1.82) is 5.26 Å². The van der Waals surface area contributed by atoms with Crippen LogP contribution in [0.3, 0.4) is 0 Å². The Labute approximate surface area is 206 Å². The fourth-order valence-electron chi connectivity index (χ4n) is 3.25. The molecular formula is C26H22FN3O6. The van der Waals surface area contributed by atoms with Crippen LogP contribution in [-0.2, 0) is 17.9 Å². The van der Waals surface area contributed by atoms with Gasteiger partial charge in [0.05, 0.1) is 19.1 Å². The molecule has 1 amide bonds. The number of amides is 1. The number of nitrogens with one attached hydrogen (secondary N) is 1. The molecule has 0 saturated carbocycles. The summed E-state index contributed by atoms with van der Waals surface area (Å²) in [4.78, 5) is 23.1. The molecule has 0 fully saturated rings. The highest BCUT2D eigenvalue weighted by atomic mass is 19.1. The number of rotatable bonds is 10. The van der Waals surface area contributed by atoms with Gasteiger partial charge in [-0.2, -0.15) is 5.26 Å². The van der Waals surface area contributed by atoms with Gasteiger partial charge in [-0.3, -0.25) is 14.9 Å². The highest BCUT2D eigenvalue weighted by Gasteiger charge is 2.17. The van der Waals surface area contributed by atoms with E-state index in [1.807, 2.05) is 6.07 Å². The van der Waals surface area contributed by atoms with Crippen LogP contribution in [0, 0.1) is 27.3 Å². The van der Waals surface area contributed by atoms with Gasteiger partial charge >= 0.3 is 5.69 Å². The lowest BCUT2D eigenvalue weighted by molar-refractivity contribution is -0.386. The van der Waals surface area contributed by atoms with Crippen LogP contribution >= 0.6 is 0 Å². The highest BCUT2D eigenvalue weighted by Crippen LogP contribution is 2.30. The van der Waals surface area contributed by atoms with Crippen molar-refractivity contribution in [2.75, 3.05) is 14.2 Å². The Bertz CT molecular complexity index is 1330. The number of benzene rings is 3. The van der Waals surface area contributed by atoms with Crippen molar-refractivity contribution in [2.24, 2.45) is 0 Å². The van der Waals surface area contributed by atoms with Crippen LogP contribution in [0.4, 0.5) is 10.1 Å². The summed E-state index contributed by atoms with van der Waals surface area (Å²) in [5, 5.41) is 23.4. The van der Waals surface area contributed by atoms with E-state index in [1.165, 1.54) is 13.2 Å². The monoisotopic (exact) mass is 491 g/mol. The summed E-state index contributed by atoms with van der Waals surface area (Å²) in [6.07, 6.45) is 1.40. The van der Waals surface area contributed by atoms with Gasteiger partial charge in [-0.1, -0.05) is 18.2 Å². The summed E-state index contributed by atoms with van der Waals surface area (Å²) in [5.74, 6) is -0.378. The third kappa shape index (κ3) is 6.57. The first-order valence-electron chi connectivity index (χ1n) is 10.6. The number of nitro benzene ring substituents is 1. The molecule has 3 rings (SSSR count). The number of hydrogen-bond acceptors (Lipinski definition) is 7. The molecule has 3 aromatic rings. The summed E-state index contributed by atoms with van der Waals surface area (Å²) in [6.45, 7) is 0.0384. The van der Waals surface area contributed by atoms with Crippen molar-refractivity contribution in [2.45, 2.75) is 13.2 Å². The Morgan fingerprint density at radius 3 is 2.47 bits per heavy atom. The van der Waals surface area contributed by atoms with Crippen molar-refractivity contribution in [1.82, 2.24) is 5.32 Å². The van der Waals surface area contributed by atoms with Crippen LogP contribution in [-0.4, -0.2) is 25.1 Å². The second-order valence-corrected chi connectivity index (χ2v) is 7.43. The van der Waals surface area contributed by atoms with Crippen molar-refractivity contribution in [3.05, 3.63) is 98.9 Å². The molecule has 3 aromatic carbocycles. The number of nitrogens with zero attached hydrogens (tertiary/aromatic N) is 2. The standard InChI is InChI=1S/C26H22FN3O6/c1-34-22-7-3-17(4-8-22)15-29-26(31)19(14-28)11-18-5-10-24(35-2)20(12-18)16-36-25-13-21(27)6-9-23(25)30(32)33/h3-13H,15-16H2,1-2H3,(H,29,31). The van der Waals surface area contributed by atoms with E-state index < -0.39 is 16.6 Å². The third-order valence-corrected chi connectivity index (χ3v) is 5.09. The molecular weight excluding hydrogens is 469 g/mol. The first-order chi connectivity index (χ1) is 17.3. The van der Waals surface area contributed by atoms with Crippen LogP contribution < -0.4 is 19.5 Å². The molecule has 184 valence electrons. The number of hydrogen-bond donors (Lipinski definition) is 1. The number of halogens is 1. The zero-order valence-electron chi connectivity index (χ0n) is 19.5. The van der Waals surface area contributed by atoms with Crippen molar-refractivity contribution in [3.8, 4) is 23.3 Å². The van der Waals surface area contributed by atoms with Gasteiger partial charge in [0.2, 0.25) is 0 Å². The van der Waals surface area contributed by atoms with E-state index >= 15 is 0 Å². The molecule has 0 bridgehead atoms. The summed E-state index contributed by atoms with van der Waals surface area (Å²) in [7, 11) is 3.00. The summed E-state index contributed by atoms with van der Waals surface area (Å²) in [6, 6.07) is 16.8. The van der Waals surface area contributed by atoms with Crippen LogP contribution in [0.2, 0.25) is 0 Å². The largest absolute Gasteiger partial charge is 0.497 e. The maximum absolute atomic E-state index is 13.6. The van der Waals surface area contributed by atoms with E-state index in [0.29, 0.717) is 22.6 Å². The van der Waals surface area contributed by atoms with Gasteiger partial charge < -0.3 is 19.5 Å². The van der Waals surface area contributed by atoms with Crippen molar-refractivity contribution in [3.63, 3.8) is 0 Å². The molecule has 10 heteroatoms. The van der Waals surface area contributed by atoms with Crippen LogP contribution in [0.15, 0.2) is 66.2 Å². The molecule has 0 saturated heterocycles. The highest BCUT2D eigenvalue weighted by molar-refractivity contribution is 6.01. The first-order valence-corrected chi connectivity index (χ1v) is 10.6. The van der Waals surface area contributed by atoms with E-state index in [2.05, 4.69) is 5.32 Å². The molecule has 1 N–H and O–H groups in total. The lowest BCUT2D eigenvalue weighted by atomic mass is 10.1. The average Bonchev–Trinajstić information content (AvgIpc) is 2.89. The van der Waals surface area contributed by atoms with Gasteiger partial charge in [-0.25, -0.2) is 4.39 Å². The number of carbonyl (C=O) groups excluding carboxylic acids is 1. The molecule has 0 radical (unpaired) electrons. The van der Waals surface area contributed by atoms with E-state index in [4.69, 9.17) is 14.2 Å². The number of nitro groups is 1. The molecule has 0 aromatic heterocycles. The minimum Gasteiger partial charge on any atom is -0.497 e. The fraction of sp³-hybridized carbons (Fsp3) is 0.154. The maximum Gasteiger partial charge on any atom is 0.311 e. The maximum atomic E-state index is 13.6. The van der Waals surface area contributed by atoms with Crippen LogP contribution in [0.1, 0.15) is 16.7 Å². The predicted molar refractivity (Wildman–Crippen MR) is 129 cm³/mol. The summed E-state index contributed by atoms with van der Waals surface area (Å²) < 4.78 is 29.5. The Kier molecular flexibility index (Phi) is 8.56. The molecule has 0 aliphatic rings. The summed E-state index contributed by atoms with van der Waals surface area (Å²) in [5.41, 5.74) is 1.30. The second-order valence-electron chi connectivity index (χ2n) is 7.43. The zero-order valence-corrected chi connectivity index (χ0v) is 19.5. The van der Waals surface area contributed by atoms with E-state index in [0.717, 1.165) is 23.8 Å². The van der Waals surface area contributed by atoms with E-state index in [1.54, 1.807) is 49.6 Å². The molecule has 9 nitrogen and oxygen atoms in total. The quantitative estimate of drug-likeness (QED) is 0.191. The Morgan fingerprint density at radius 2 is 1.83 bits per heavy atom. The fourth-order valence-corrected chi connectivity index (χ4v) is 3.25. The SMILES string of the molecule is COc1ccc(CNC(=O)C(C#N)=Cc2ccc(OC)c(COc3cc(F)ccc3[N+](=O)[O-])c2)cc1. The Hall–Kier alpha value is -4.91. The van der Waals surface area contributed by atoms with Crippen molar-refractivity contribution < 1.29 is 28.3 Å². The lowest BCUT2D eigenvalue weighted by Crippen LogP contribution is -2.23. The summed E-state index contributed by atoms with van der Waals surface area (Å²) >= 11 is 0. The molecule has 0 aliphatic heterocycles. The molecule has 0 heterocycles. The number of nitriles is 1. The zero-order chi connectivity index (χ0) is 26.1. The third-order valence-electron chi connectivity index (χ3n) is 5.09. The van der Waals surface area contributed by atoms with Gasteiger partial charge in [0.15, 0.2) is 5.75 Å². The van der Waals surface area contributed by atoms with Gasteiger partial charge in [-0.15, -0.1) is 0 Å². The number of ether oxygens (including phenoxy) is 3. The Morgan fingerprint density at radius 1 is 1.08 bits per heavy atom. The molecule has 0 atom stereocenters. The molecule has 0 unspecified atom stereocenters. The van der Waals surface area contributed by atoms with Crippen LogP contribution in [0.25, 0.3) is 6.08 Å². The number of carbonyl (C=O) groups is 1. The van der Waals surface area contributed by atoms with Crippen LogP contribution in [0.5, 0.6) is 17.2 Å². The molecule has 0 aliphatic carbocycles. The average molecular weight is 491 g/mol. The van der Waals surface area contributed by atoms with E-state index in [9.17, 15) is 24.6 Å². The topological polar surface area (TPSA) is 124 Å². The molecule has 36 heavy (non-hydrogen) atoms. The lowest BCUT2D eigenvalue weighted by Gasteiger charge is -2.12. The Balaban J connectivity index is 1.76. The van der Waals surface area contributed by atoms with Gasteiger partial charge in [0.1, 0.15) is 35.6 Å². The smallest absolute Gasteiger partial charge is 0.311 e. The predicted octanol–water partition coefficient (Wildman–Crippen LogP) is 4.55. The van der Waals surface area contributed by atoms with E-state index in [-0.39, 0.29) is 30.2 Å². The van der Waals surface area contributed by atoms with Gasteiger partial charge in [0, 0.05) is 24.2 Å². The van der Waals surface area contributed by atoms with Crippen molar-refractivity contribution >= 4 is 17.7 Å². The minimum atomic E-state index is -0.682. The van der Waals surface area contributed by atoms with Gasteiger partial charge in [0.25, 0.3) is 5.91 Å². The second kappa shape index (κ2) is 12.0. The van der Waals surface area contributed by atoms with Gasteiger partial charge in [-0.05, 0) is 47.5 Å². The first kappa shape index (κ1) is 25.7. The molecule has 0 spiro atoms. The number of methoxy groups -OCH3 is 2. The minimum absolute atomic E-state index is 0.124.